The zero-order chi connectivity index (χ0) is 22.0. The molecule has 31 heavy (non-hydrogen) atoms. The number of amides is 2. The molecule has 1 saturated heterocycles. The van der Waals surface area contributed by atoms with Gasteiger partial charge >= 0.3 is 0 Å². The zero-order valence-corrected chi connectivity index (χ0v) is 18.9. The standard InChI is InChI=1S/C24H29ClN4O2/c1-16-6-7-19(14-26-16)23(30)27-22-13-21(25)12-20(17(22)2)15-28-8-10-29(11-9-28)24(31)18-4-3-5-18/h6-7,12-14,18H,3-5,8-11,15H2,1-2H3,(H,27,30). The number of piperazine rings is 1. The highest BCUT2D eigenvalue weighted by molar-refractivity contribution is 6.31. The molecule has 0 spiro atoms. The van der Waals surface area contributed by atoms with Crippen molar-refractivity contribution in [3.05, 3.63) is 57.9 Å². The van der Waals surface area contributed by atoms with E-state index < -0.39 is 0 Å². The van der Waals surface area contributed by atoms with Crippen LogP contribution in [0.25, 0.3) is 0 Å². The van der Waals surface area contributed by atoms with Crippen LogP contribution in [0.5, 0.6) is 0 Å². The van der Waals surface area contributed by atoms with E-state index in [1.807, 2.05) is 30.9 Å². The topological polar surface area (TPSA) is 65.5 Å². The minimum Gasteiger partial charge on any atom is -0.340 e. The molecule has 1 aromatic carbocycles. The van der Waals surface area contributed by atoms with Gasteiger partial charge in [0.1, 0.15) is 0 Å². The minimum atomic E-state index is -0.202. The molecule has 1 aliphatic carbocycles. The second-order valence-electron chi connectivity index (χ2n) is 8.61. The van der Waals surface area contributed by atoms with Gasteiger partial charge in [0.25, 0.3) is 5.91 Å². The fourth-order valence-corrected chi connectivity index (χ4v) is 4.35. The van der Waals surface area contributed by atoms with E-state index in [1.165, 1.54) is 6.42 Å². The highest BCUT2D eigenvalue weighted by Crippen LogP contribution is 2.29. The molecule has 1 aliphatic heterocycles. The van der Waals surface area contributed by atoms with Crippen molar-refractivity contribution >= 4 is 29.1 Å². The SMILES string of the molecule is Cc1ccc(C(=O)Nc2cc(Cl)cc(CN3CCN(C(=O)C4CCC4)CC3)c2C)cn1. The van der Waals surface area contributed by atoms with Crippen LogP contribution in [0.15, 0.2) is 30.5 Å². The van der Waals surface area contributed by atoms with Gasteiger partial charge in [-0.05, 0) is 62.1 Å². The molecular weight excluding hydrogens is 412 g/mol. The maximum absolute atomic E-state index is 12.6. The first-order valence-corrected chi connectivity index (χ1v) is 11.3. The van der Waals surface area contributed by atoms with Crippen molar-refractivity contribution < 1.29 is 9.59 Å². The van der Waals surface area contributed by atoms with Gasteiger partial charge in [0.05, 0.1) is 5.56 Å². The van der Waals surface area contributed by atoms with Gasteiger partial charge in [0, 0.05) is 61.2 Å². The first kappa shape index (κ1) is 21.8. The van der Waals surface area contributed by atoms with E-state index in [0.29, 0.717) is 22.2 Å². The highest BCUT2D eigenvalue weighted by Gasteiger charge is 2.31. The van der Waals surface area contributed by atoms with Crippen molar-refractivity contribution in [1.29, 1.82) is 0 Å². The summed E-state index contributed by atoms with van der Waals surface area (Å²) in [5.41, 5.74) is 4.19. The molecule has 0 atom stereocenters. The Kier molecular flexibility index (Phi) is 6.58. The predicted molar refractivity (Wildman–Crippen MR) is 122 cm³/mol. The molecule has 4 rings (SSSR count). The molecule has 2 aliphatic rings. The second-order valence-corrected chi connectivity index (χ2v) is 9.05. The van der Waals surface area contributed by atoms with Crippen molar-refractivity contribution in [2.45, 2.75) is 39.7 Å². The van der Waals surface area contributed by atoms with E-state index in [-0.39, 0.29) is 11.8 Å². The van der Waals surface area contributed by atoms with E-state index in [2.05, 4.69) is 15.2 Å². The van der Waals surface area contributed by atoms with E-state index in [9.17, 15) is 9.59 Å². The third kappa shape index (κ3) is 5.08. The molecule has 0 unspecified atom stereocenters. The molecule has 6 nitrogen and oxygen atoms in total. The Bertz CT molecular complexity index is 964. The number of halogens is 1. The van der Waals surface area contributed by atoms with Crippen LogP contribution < -0.4 is 5.32 Å². The molecule has 1 saturated carbocycles. The van der Waals surface area contributed by atoms with Crippen LogP contribution in [0.2, 0.25) is 5.02 Å². The molecule has 0 bridgehead atoms. The summed E-state index contributed by atoms with van der Waals surface area (Å²) in [6, 6.07) is 7.34. The molecular formula is C24H29ClN4O2. The minimum absolute atomic E-state index is 0.202. The normalized spacial score (nSPS) is 17.3. The van der Waals surface area contributed by atoms with Crippen LogP contribution in [0.4, 0.5) is 5.69 Å². The van der Waals surface area contributed by atoms with Crippen molar-refractivity contribution in [1.82, 2.24) is 14.8 Å². The van der Waals surface area contributed by atoms with Gasteiger partial charge in [-0.15, -0.1) is 0 Å². The van der Waals surface area contributed by atoms with Crippen molar-refractivity contribution in [2.75, 3.05) is 31.5 Å². The summed E-state index contributed by atoms with van der Waals surface area (Å²) in [6.45, 7) is 7.89. The summed E-state index contributed by atoms with van der Waals surface area (Å²) < 4.78 is 0. The lowest BCUT2D eigenvalue weighted by molar-refractivity contribution is -0.140. The molecule has 1 N–H and O–H groups in total. The summed E-state index contributed by atoms with van der Waals surface area (Å²) in [7, 11) is 0. The van der Waals surface area contributed by atoms with E-state index >= 15 is 0 Å². The van der Waals surface area contributed by atoms with Crippen LogP contribution in [0, 0.1) is 19.8 Å². The van der Waals surface area contributed by atoms with Crippen molar-refractivity contribution in [2.24, 2.45) is 5.92 Å². The number of aromatic nitrogens is 1. The first-order chi connectivity index (χ1) is 14.9. The maximum atomic E-state index is 12.6. The number of aryl methyl sites for hydroxylation is 1. The van der Waals surface area contributed by atoms with Gasteiger partial charge in [-0.25, -0.2) is 0 Å². The van der Waals surface area contributed by atoms with Gasteiger partial charge in [-0.1, -0.05) is 18.0 Å². The van der Waals surface area contributed by atoms with E-state index in [1.54, 1.807) is 18.3 Å². The van der Waals surface area contributed by atoms with Crippen LogP contribution >= 0.6 is 11.6 Å². The second kappa shape index (κ2) is 9.37. The summed E-state index contributed by atoms with van der Waals surface area (Å²) in [4.78, 5) is 33.7. The fourth-order valence-electron chi connectivity index (χ4n) is 4.11. The largest absolute Gasteiger partial charge is 0.340 e. The Morgan fingerprint density at radius 1 is 1.13 bits per heavy atom. The van der Waals surface area contributed by atoms with Crippen molar-refractivity contribution in [3.63, 3.8) is 0 Å². The number of benzene rings is 1. The van der Waals surface area contributed by atoms with E-state index in [0.717, 1.165) is 62.4 Å². The molecule has 2 heterocycles. The number of carbonyl (C=O) groups is 2. The summed E-state index contributed by atoms with van der Waals surface area (Å²) in [5, 5.41) is 3.57. The predicted octanol–water partition coefficient (Wildman–Crippen LogP) is 4.05. The Morgan fingerprint density at radius 3 is 2.48 bits per heavy atom. The Hall–Kier alpha value is -2.44. The zero-order valence-electron chi connectivity index (χ0n) is 18.2. The molecule has 0 radical (unpaired) electrons. The van der Waals surface area contributed by atoms with E-state index in [4.69, 9.17) is 11.6 Å². The average molecular weight is 441 g/mol. The molecule has 2 amide bonds. The van der Waals surface area contributed by atoms with Crippen LogP contribution in [-0.4, -0.2) is 52.8 Å². The molecule has 164 valence electrons. The van der Waals surface area contributed by atoms with Crippen molar-refractivity contribution in [3.8, 4) is 0 Å². The monoisotopic (exact) mass is 440 g/mol. The molecule has 2 fully saturated rings. The number of carbonyl (C=O) groups excluding carboxylic acids is 2. The smallest absolute Gasteiger partial charge is 0.257 e. The van der Waals surface area contributed by atoms with Crippen LogP contribution in [-0.2, 0) is 11.3 Å². The lowest BCUT2D eigenvalue weighted by Crippen LogP contribution is -2.50. The quantitative estimate of drug-likeness (QED) is 0.761. The summed E-state index contributed by atoms with van der Waals surface area (Å²) in [6.07, 6.45) is 4.86. The first-order valence-electron chi connectivity index (χ1n) is 10.9. The third-order valence-corrected chi connectivity index (χ3v) is 6.65. The van der Waals surface area contributed by atoms with Gasteiger partial charge < -0.3 is 10.2 Å². The van der Waals surface area contributed by atoms with Crippen LogP contribution in [0.3, 0.4) is 0 Å². The number of rotatable bonds is 5. The summed E-state index contributed by atoms with van der Waals surface area (Å²) >= 11 is 6.38. The maximum Gasteiger partial charge on any atom is 0.257 e. The Balaban J connectivity index is 1.40. The van der Waals surface area contributed by atoms with Gasteiger partial charge in [-0.2, -0.15) is 0 Å². The molecule has 1 aromatic heterocycles. The molecule has 7 heteroatoms. The number of hydrogen-bond acceptors (Lipinski definition) is 4. The van der Waals surface area contributed by atoms with Gasteiger partial charge in [0.15, 0.2) is 0 Å². The third-order valence-electron chi connectivity index (χ3n) is 6.43. The lowest BCUT2D eigenvalue weighted by Gasteiger charge is -2.38. The Labute approximate surface area is 188 Å². The lowest BCUT2D eigenvalue weighted by atomic mass is 9.84. The fraction of sp³-hybridized carbons (Fsp3) is 0.458. The molecule has 2 aromatic rings. The Morgan fingerprint density at radius 2 is 1.87 bits per heavy atom. The number of hydrogen-bond donors (Lipinski definition) is 1. The number of anilines is 1. The van der Waals surface area contributed by atoms with Gasteiger partial charge in [-0.3, -0.25) is 19.5 Å². The number of nitrogens with zero attached hydrogens (tertiary/aromatic N) is 3. The number of nitrogens with one attached hydrogen (secondary N) is 1. The highest BCUT2D eigenvalue weighted by atomic mass is 35.5. The average Bonchev–Trinajstić information content (AvgIpc) is 2.71. The van der Waals surface area contributed by atoms with Gasteiger partial charge in [0.2, 0.25) is 5.91 Å². The number of pyridine rings is 1. The van der Waals surface area contributed by atoms with Crippen LogP contribution in [0.1, 0.15) is 46.4 Å². The summed E-state index contributed by atoms with van der Waals surface area (Å²) in [5.74, 6) is 0.393.